The van der Waals surface area contributed by atoms with E-state index in [-0.39, 0.29) is 13.2 Å². The first kappa shape index (κ1) is 17.2. The van der Waals surface area contributed by atoms with Gasteiger partial charge in [-0.2, -0.15) is 0 Å². The van der Waals surface area contributed by atoms with Crippen molar-refractivity contribution >= 4 is 12.0 Å². The van der Waals surface area contributed by atoms with Crippen LogP contribution in [-0.4, -0.2) is 46.5 Å². The fourth-order valence-electron chi connectivity index (χ4n) is 2.17. The van der Waals surface area contributed by atoms with Crippen molar-refractivity contribution in [1.29, 1.82) is 0 Å². The van der Waals surface area contributed by atoms with Gasteiger partial charge in [-0.05, 0) is 26.3 Å². The molecule has 0 saturated carbocycles. The molecule has 1 fully saturated rings. The summed E-state index contributed by atoms with van der Waals surface area (Å²) in [6.45, 7) is 5.08. The molecular formula is C16H22N2O5. The predicted octanol–water partition coefficient (Wildman–Crippen LogP) is 1.21. The Kier molecular flexibility index (Phi) is 5.23. The van der Waals surface area contributed by atoms with E-state index in [0.29, 0.717) is 0 Å². The number of carbonyl (C=O) groups is 2. The lowest BCUT2D eigenvalue weighted by molar-refractivity contribution is -0.244. The van der Waals surface area contributed by atoms with Crippen LogP contribution in [-0.2, 0) is 21.0 Å². The Morgan fingerprint density at radius 1 is 1.30 bits per heavy atom. The van der Waals surface area contributed by atoms with Crippen molar-refractivity contribution in [3.05, 3.63) is 35.9 Å². The number of nitrogens with zero attached hydrogens (tertiary/aromatic N) is 1. The molecule has 0 bridgehead atoms. The minimum atomic E-state index is -0.842. The van der Waals surface area contributed by atoms with Crippen LogP contribution < -0.4 is 5.32 Å². The van der Waals surface area contributed by atoms with E-state index in [1.807, 2.05) is 30.3 Å². The van der Waals surface area contributed by atoms with E-state index in [9.17, 15) is 14.7 Å². The number of amides is 2. The Labute approximate surface area is 135 Å². The number of nitrogens with one attached hydrogen (secondary N) is 1. The number of rotatable bonds is 5. The number of carbonyl (C=O) groups excluding carboxylic acids is 2. The van der Waals surface area contributed by atoms with Crippen molar-refractivity contribution < 1.29 is 24.3 Å². The van der Waals surface area contributed by atoms with E-state index in [4.69, 9.17) is 9.57 Å². The van der Waals surface area contributed by atoms with Gasteiger partial charge in [-0.3, -0.25) is 9.63 Å². The van der Waals surface area contributed by atoms with Crippen LogP contribution >= 0.6 is 0 Å². The van der Waals surface area contributed by atoms with Gasteiger partial charge in [-0.1, -0.05) is 30.3 Å². The molecule has 23 heavy (non-hydrogen) atoms. The Bertz CT molecular complexity index is 555. The Hall–Kier alpha value is -2.12. The molecule has 0 aromatic heterocycles. The zero-order valence-electron chi connectivity index (χ0n) is 13.5. The highest BCUT2D eigenvalue weighted by atomic mass is 16.7. The van der Waals surface area contributed by atoms with Crippen LogP contribution in [0.15, 0.2) is 30.3 Å². The largest absolute Gasteiger partial charge is 0.444 e. The predicted molar refractivity (Wildman–Crippen MR) is 82.1 cm³/mol. The average Bonchev–Trinajstić information content (AvgIpc) is 2.48. The van der Waals surface area contributed by atoms with Crippen LogP contribution in [0.4, 0.5) is 4.79 Å². The van der Waals surface area contributed by atoms with E-state index in [1.165, 1.54) is 0 Å². The number of hydrogen-bond acceptors (Lipinski definition) is 5. The topological polar surface area (TPSA) is 88.1 Å². The normalized spacial score (nSPS) is 20.9. The molecule has 1 aliphatic rings. The van der Waals surface area contributed by atoms with Gasteiger partial charge in [0, 0.05) is 0 Å². The quantitative estimate of drug-likeness (QED) is 0.796. The van der Waals surface area contributed by atoms with Gasteiger partial charge in [0.2, 0.25) is 0 Å². The molecule has 2 N–H and O–H groups in total. The van der Waals surface area contributed by atoms with Crippen LogP contribution in [0.3, 0.4) is 0 Å². The van der Waals surface area contributed by atoms with Gasteiger partial charge in [-0.25, -0.2) is 9.86 Å². The second-order valence-corrected chi connectivity index (χ2v) is 6.30. The lowest BCUT2D eigenvalue weighted by atomic mass is 9.99. The molecule has 0 aliphatic carbocycles. The molecule has 2 rings (SSSR count). The number of alkyl carbamates (subject to hydrolysis) is 1. The summed E-state index contributed by atoms with van der Waals surface area (Å²) in [7, 11) is 0. The highest BCUT2D eigenvalue weighted by Crippen LogP contribution is 2.22. The first-order valence-corrected chi connectivity index (χ1v) is 7.42. The monoisotopic (exact) mass is 322 g/mol. The van der Waals surface area contributed by atoms with E-state index in [2.05, 4.69) is 5.32 Å². The summed E-state index contributed by atoms with van der Waals surface area (Å²) >= 11 is 0. The zero-order chi connectivity index (χ0) is 17.0. The van der Waals surface area contributed by atoms with Gasteiger partial charge in [-0.15, -0.1) is 0 Å². The van der Waals surface area contributed by atoms with Crippen molar-refractivity contribution in [1.82, 2.24) is 10.4 Å². The Morgan fingerprint density at radius 3 is 2.52 bits per heavy atom. The lowest BCUT2D eigenvalue weighted by Crippen LogP contribution is -2.71. The minimum Gasteiger partial charge on any atom is -0.444 e. The van der Waals surface area contributed by atoms with Crippen molar-refractivity contribution in [3.63, 3.8) is 0 Å². The zero-order valence-corrected chi connectivity index (χ0v) is 13.5. The van der Waals surface area contributed by atoms with Gasteiger partial charge in [0.1, 0.15) is 24.3 Å². The summed E-state index contributed by atoms with van der Waals surface area (Å²) < 4.78 is 5.11. The molecule has 2 amide bonds. The summed E-state index contributed by atoms with van der Waals surface area (Å²) in [6.07, 6.45) is -0.697. The molecule has 1 aromatic carbocycles. The number of hydrogen-bond donors (Lipinski definition) is 2. The SMILES string of the molecule is CC(C)(C)OC(=O)N[C@H]1C(=O)N(OCc2ccccc2)[C@@H]1CO. The molecule has 1 aromatic rings. The van der Waals surface area contributed by atoms with Gasteiger partial charge < -0.3 is 15.2 Å². The first-order chi connectivity index (χ1) is 10.8. The minimum absolute atomic E-state index is 0.211. The van der Waals surface area contributed by atoms with Crippen molar-refractivity contribution in [2.75, 3.05) is 6.61 Å². The number of aliphatic hydroxyl groups excluding tert-OH is 1. The van der Waals surface area contributed by atoms with Gasteiger partial charge >= 0.3 is 6.09 Å². The number of hydroxylamine groups is 2. The van der Waals surface area contributed by atoms with E-state index < -0.39 is 29.7 Å². The van der Waals surface area contributed by atoms with E-state index in [1.54, 1.807) is 20.8 Å². The van der Waals surface area contributed by atoms with Crippen LogP contribution in [0.25, 0.3) is 0 Å². The highest BCUT2D eigenvalue weighted by molar-refractivity contribution is 5.91. The second-order valence-electron chi connectivity index (χ2n) is 6.30. The van der Waals surface area contributed by atoms with E-state index in [0.717, 1.165) is 10.6 Å². The van der Waals surface area contributed by atoms with Crippen LogP contribution in [0.5, 0.6) is 0 Å². The fraction of sp³-hybridized carbons (Fsp3) is 0.500. The maximum absolute atomic E-state index is 12.1. The Morgan fingerprint density at radius 2 is 1.96 bits per heavy atom. The van der Waals surface area contributed by atoms with Crippen LogP contribution in [0, 0.1) is 0 Å². The van der Waals surface area contributed by atoms with Crippen LogP contribution in [0.1, 0.15) is 26.3 Å². The molecular weight excluding hydrogens is 300 g/mol. The van der Waals surface area contributed by atoms with Crippen molar-refractivity contribution in [3.8, 4) is 0 Å². The summed E-state index contributed by atoms with van der Waals surface area (Å²) in [4.78, 5) is 29.2. The highest BCUT2D eigenvalue weighted by Gasteiger charge is 2.49. The average molecular weight is 322 g/mol. The third-order valence-electron chi connectivity index (χ3n) is 3.24. The molecule has 0 unspecified atom stereocenters. The molecule has 2 atom stereocenters. The molecule has 0 radical (unpaired) electrons. The second kappa shape index (κ2) is 6.97. The maximum atomic E-state index is 12.1. The van der Waals surface area contributed by atoms with Gasteiger partial charge in [0.05, 0.1) is 6.61 Å². The molecule has 1 aliphatic heterocycles. The smallest absolute Gasteiger partial charge is 0.408 e. The Balaban J connectivity index is 1.88. The van der Waals surface area contributed by atoms with Gasteiger partial charge in [0.15, 0.2) is 0 Å². The first-order valence-electron chi connectivity index (χ1n) is 7.42. The van der Waals surface area contributed by atoms with Crippen molar-refractivity contribution in [2.24, 2.45) is 0 Å². The van der Waals surface area contributed by atoms with Crippen molar-refractivity contribution in [2.45, 2.75) is 45.1 Å². The molecule has 0 spiro atoms. The number of aliphatic hydroxyl groups is 1. The molecule has 7 heteroatoms. The number of β-lactam (4-membered cyclic amide) rings is 1. The summed E-state index contributed by atoms with van der Waals surface area (Å²) in [5, 5.41) is 13.0. The summed E-state index contributed by atoms with van der Waals surface area (Å²) in [5.74, 6) is -0.411. The third kappa shape index (κ3) is 4.43. The third-order valence-corrected chi connectivity index (χ3v) is 3.24. The molecule has 1 saturated heterocycles. The van der Waals surface area contributed by atoms with Crippen LogP contribution in [0.2, 0.25) is 0 Å². The lowest BCUT2D eigenvalue weighted by Gasteiger charge is -2.44. The molecule has 7 nitrogen and oxygen atoms in total. The molecule has 126 valence electrons. The van der Waals surface area contributed by atoms with Gasteiger partial charge in [0.25, 0.3) is 5.91 Å². The number of benzene rings is 1. The maximum Gasteiger partial charge on any atom is 0.408 e. The fourth-order valence-corrected chi connectivity index (χ4v) is 2.17. The standard InChI is InChI=1S/C16H22N2O5/c1-16(2,3)23-15(21)17-13-12(9-19)18(14(13)20)22-10-11-7-5-4-6-8-11/h4-8,12-13,19H,9-10H2,1-3H3,(H,17,21)/t12-,13-/m1/s1. The number of ether oxygens (including phenoxy) is 1. The van der Waals surface area contributed by atoms with E-state index >= 15 is 0 Å². The molecule has 1 heterocycles. The summed E-state index contributed by atoms with van der Waals surface area (Å²) in [5.41, 5.74) is 0.246. The summed E-state index contributed by atoms with van der Waals surface area (Å²) in [6, 6.07) is 7.89.